The van der Waals surface area contributed by atoms with Crippen molar-refractivity contribution < 1.29 is 24.2 Å². The van der Waals surface area contributed by atoms with Crippen molar-refractivity contribution in [2.45, 2.75) is 12.8 Å². The zero-order valence-electron chi connectivity index (χ0n) is 11.0. The summed E-state index contributed by atoms with van der Waals surface area (Å²) in [5.74, 6) is -2.72. The van der Waals surface area contributed by atoms with Crippen molar-refractivity contribution >= 4 is 17.4 Å². The number of rotatable bonds is 4. The predicted octanol–water partition coefficient (Wildman–Crippen LogP) is 1.63. The molecule has 1 amide bonds. The Balaban J connectivity index is 2.20. The maximum atomic E-state index is 13.2. The lowest BCUT2D eigenvalue weighted by molar-refractivity contribution is -0.135. The molecule has 0 fully saturated rings. The number of carboxylic acids is 1. The van der Waals surface area contributed by atoms with E-state index in [0.29, 0.717) is 24.0 Å². The van der Waals surface area contributed by atoms with E-state index in [1.54, 1.807) is 0 Å². The van der Waals surface area contributed by atoms with Crippen molar-refractivity contribution in [2.75, 3.05) is 6.54 Å². The van der Waals surface area contributed by atoms with Gasteiger partial charge in [-0.3, -0.25) is 9.59 Å². The maximum Gasteiger partial charge on any atom is 0.322 e. The molecule has 0 saturated heterocycles. The fraction of sp³-hybridized carbons (Fsp3) is 0.214. The number of nitrogens with one attached hydrogen (secondary N) is 1. The number of carbonyl (C=O) groups excluding carboxylic acids is 1. The van der Waals surface area contributed by atoms with Crippen molar-refractivity contribution in [3.8, 4) is 5.75 Å². The molecular formula is C14H13FN2O4. The second-order valence-corrected chi connectivity index (χ2v) is 4.47. The summed E-state index contributed by atoms with van der Waals surface area (Å²) >= 11 is 0. The summed E-state index contributed by atoms with van der Waals surface area (Å²) in [6, 6.07) is 1.31. The zero-order valence-corrected chi connectivity index (χ0v) is 11.0. The number of carbonyl (C=O) groups is 2. The highest BCUT2D eigenvalue weighted by molar-refractivity contribution is 5.96. The highest BCUT2D eigenvalue weighted by Crippen LogP contribution is 2.29. The molecule has 0 aromatic carbocycles. The van der Waals surface area contributed by atoms with Gasteiger partial charge in [-0.15, -0.1) is 0 Å². The molecule has 21 heavy (non-hydrogen) atoms. The Bertz CT molecular complexity index is 652. The number of halogens is 1. The minimum atomic E-state index is -1.20. The first kappa shape index (κ1) is 14.7. The molecule has 1 aliphatic rings. The van der Waals surface area contributed by atoms with Gasteiger partial charge in [0.1, 0.15) is 18.1 Å². The Morgan fingerprint density at radius 2 is 2.19 bits per heavy atom. The maximum absolute atomic E-state index is 13.2. The van der Waals surface area contributed by atoms with Gasteiger partial charge in [0.25, 0.3) is 5.91 Å². The molecule has 6 nitrogen and oxygen atoms in total. The van der Waals surface area contributed by atoms with Crippen molar-refractivity contribution in [3.63, 3.8) is 0 Å². The summed E-state index contributed by atoms with van der Waals surface area (Å²) in [6.07, 6.45) is 5.33. The zero-order chi connectivity index (χ0) is 15.4. The molecule has 1 aromatic heterocycles. The third kappa shape index (κ3) is 3.65. The van der Waals surface area contributed by atoms with Crippen LogP contribution in [0.3, 0.4) is 0 Å². The Morgan fingerprint density at radius 1 is 1.43 bits per heavy atom. The van der Waals surface area contributed by atoms with E-state index in [1.165, 1.54) is 24.4 Å². The molecule has 3 N–H and O–H groups in total. The van der Waals surface area contributed by atoms with Crippen LogP contribution in [0, 0.1) is 0 Å². The smallest absolute Gasteiger partial charge is 0.322 e. The van der Waals surface area contributed by atoms with Gasteiger partial charge in [-0.1, -0.05) is 0 Å². The van der Waals surface area contributed by atoms with Crippen LogP contribution >= 0.6 is 0 Å². The molecule has 0 aliphatic heterocycles. The standard InChI is InChI=1S/C14H13FN2O4/c15-10-3-1-2-8(4-10)9-5-11(18)13(16-6-9)14(21)17-7-12(19)20/h3-6,18H,1-2,7H2,(H,17,21)(H,19,20). The summed E-state index contributed by atoms with van der Waals surface area (Å²) in [7, 11) is 0. The van der Waals surface area contributed by atoms with Gasteiger partial charge in [-0.2, -0.15) is 0 Å². The second-order valence-electron chi connectivity index (χ2n) is 4.47. The lowest BCUT2D eigenvalue weighted by atomic mass is 9.98. The van der Waals surface area contributed by atoms with Gasteiger partial charge in [-0.25, -0.2) is 9.37 Å². The van der Waals surface area contributed by atoms with Crippen molar-refractivity contribution in [1.29, 1.82) is 0 Å². The summed E-state index contributed by atoms with van der Waals surface area (Å²) < 4.78 is 13.2. The molecule has 1 heterocycles. The summed E-state index contributed by atoms with van der Waals surface area (Å²) in [5.41, 5.74) is 0.924. The van der Waals surface area contributed by atoms with Crippen LogP contribution in [0.4, 0.5) is 4.39 Å². The van der Waals surface area contributed by atoms with Crippen LogP contribution in [-0.4, -0.2) is 33.6 Å². The number of hydrogen-bond acceptors (Lipinski definition) is 4. The van der Waals surface area contributed by atoms with Gasteiger partial charge in [-0.05, 0) is 42.2 Å². The number of hydrogen-bond donors (Lipinski definition) is 3. The Labute approximate surface area is 119 Å². The first-order chi connectivity index (χ1) is 9.97. The van der Waals surface area contributed by atoms with Gasteiger partial charge >= 0.3 is 5.97 Å². The van der Waals surface area contributed by atoms with E-state index in [-0.39, 0.29) is 17.3 Å². The van der Waals surface area contributed by atoms with E-state index in [1.807, 2.05) is 0 Å². The number of allylic oxidation sites excluding steroid dienone is 4. The van der Waals surface area contributed by atoms with E-state index >= 15 is 0 Å². The van der Waals surface area contributed by atoms with Crippen LogP contribution < -0.4 is 5.32 Å². The first-order valence-electron chi connectivity index (χ1n) is 6.23. The number of aromatic nitrogens is 1. The molecule has 0 bridgehead atoms. The van der Waals surface area contributed by atoms with Crippen molar-refractivity contribution in [3.05, 3.63) is 41.5 Å². The molecule has 0 unspecified atom stereocenters. The lowest BCUT2D eigenvalue weighted by Crippen LogP contribution is -2.29. The highest BCUT2D eigenvalue weighted by Gasteiger charge is 2.16. The van der Waals surface area contributed by atoms with Gasteiger partial charge in [0, 0.05) is 6.20 Å². The molecule has 7 heteroatoms. The fourth-order valence-electron chi connectivity index (χ4n) is 1.93. The summed E-state index contributed by atoms with van der Waals surface area (Å²) in [6.45, 7) is -0.567. The second kappa shape index (κ2) is 6.17. The minimum absolute atomic E-state index is 0.271. The van der Waals surface area contributed by atoms with E-state index in [9.17, 15) is 19.1 Å². The number of aromatic hydroxyl groups is 1. The first-order valence-corrected chi connectivity index (χ1v) is 6.23. The van der Waals surface area contributed by atoms with Gasteiger partial charge in [0.2, 0.25) is 0 Å². The molecule has 0 radical (unpaired) electrons. The van der Waals surface area contributed by atoms with E-state index in [4.69, 9.17) is 5.11 Å². The van der Waals surface area contributed by atoms with Gasteiger partial charge < -0.3 is 15.5 Å². The molecule has 1 aromatic rings. The normalized spacial score (nSPS) is 14.1. The Hall–Kier alpha value is -2.70. The molecule has 0 spiro atoms. The fourth-order valence-corrected chi connectivity index (χ4v) is 1.93. The monoisotopic (exact) mass is 292 g/mol. The quantitative estimate of drug-likeness (QED) is 0.783. The third-order valence-electron chi connectivity index (χ3n) is 2.92. The number of aliphatic carboxylic acids is 1. The topological polar surface area (TPSA) is 99.5 Å². The van der Waals surface area contributed by atoms with Crippen LogP contribution in [0.5, 0.6) is 5.75 Å². The predicted molar refractivity (Wildman–Crippen MR) is 72.3 cm³/mol. The molecule has 110 valence electrons. The Morgan fingerprint density at radius 3 is 2.81 bits per heavy atom. The van der Waals surface area contributed by atoms with Crippen LogP contribution in [0.15, 0.2) is 30.2 Å². The van der Waals surface area contributed by atoms with E-state index in [0.717, 1.165) is 0 Å². The van der Waals surface area contributed by atoms with Crippen LogP contribution in [0.2, 0.25) is 0 Å². The molecule has 1 aliphatic carbocycles. The summed E-state index contributed by atoms with van der Waals surface area (Å²) in [5, 5.41) is 20.4. The van der Waals surface area contributed by atoms with E-state index < -0.39 is 18.4 Å². The van der Waals surface area contributed by atoms with Gasteiger partial charge in [0.05, 0.1) is 0 Å². The largest absolute Gasteiger partial charge is 0.505 e. The average molecular weight is 292 g/mol. The van der Waals surface area contributed by atoms with Crippen LogP contribution in [-0.2, 0) is 4.79 Å². The average Bonchev–Trinajstić information content (AvgIpc) is 2.44. The van der Waals surface area contributed by atoms with Crippen molar-refractivity contribution in [1.82, 2.24) is 10.3 Å². The highest BCUT2D eigenvalue weighted by atomic mass is 19.1. The van der Waals surface area contributed by atoms with Gasteiger partial charge in [0.15, 0.2) is 5.69 Å². The lowest BCUT2D eigenvalue weighted by Gasteiger charge is -2.11. The van der Waals surface area contributed by atoms with Crippen LogP contribution in [0.25, 0.3) is 5.57 Å². The molecule has 0 saturated carbocycles. The summed E-state index contributed by atoms with van der Waals surface area (Å²) in [4.78, 5) is 25.8. The molecule has 0 atom stereocenters. The van der Waals surface area contributed by atoms with Crippen molar-refractivity contribution in [2.24, 2.45) is 0 Å². The van der Waals surface area contributed by atoms with E-state index in [2.05, 4.69) is 10.3 Å². The van der Waals surface area contributed by atoms with Crippen LogP contribution in [0.1, 0.15) is 28.9 Å². The molecule has 2 rings (SSSR count). The number of amides is 1. The number of pyridine rings is 1. The number of nitrogens with zero attached hydrogens (tertiary/aromatic N) is 1. The third-order valence-corrected chi connectivity index (χ3v) is 2.92. The molecular weight excluding hydrogens is 279 g/mol. The number of carboxylic acid groups (broad SMARTS) is 1. The SMILES string of the molecule is O=C(O)CNC(=O)c1ncc(C2=CC(F)=CCC2)cc1O. The minimum Gasteiger partial charge on any atom is -0.505 e. The Kier molecular flexibility index (Phi) is 4.32.